The predicted molar refractivity (Wildman–Crippen MR) is 194 cm³/mol. The molecule has 3 atom stereocenters. The van der Waals surface area contributed by atoms with Crippen LogP contribution in [0.4, 0.5) is 14.6 Å². The van der Waals surface area contributed by atoms with Gasteiger partial charge in [-0.1, -0.05) is 20.4 Å². The molecule has 2 aliphatic rings. The number of halogens is 2. The van der Waals surface area contributed by atoms with Crippen molar-refractivity contribution in [2.75, 3.05) is 18.0 Å². The van der Waals surface area contributed by atoms with Crippen LogP contribution in [0.2, 0.25) is 0 Å². The maximum absolute atomic E-state index is 16.8. The third-order valence-electron chi connectivity index (χ3n) is 10.2. The Balaban J connectivity index is 1.56. The van der Waals surface area contributed by atoms with Gasteiger partial charge in [0.25, 0.3) is 0 Å². The van der Waals surface area contributed by atoms with Crippen LogP contribution in [0.25, 0.3) is 38.9 Å². The van der Waals surface area contributed by atoms with Gasteiger partial charge in [0, 0.05) is 55.9 Å². The first-order chi connectivity index (χ1) is 24.8. The molecule has 12 nitrogen and oxygen atoms in total. The minimum Gasteiger partial charge on any atom is -0.480 e. The highest BCUT2D eigenvalue weighted by Crippen LogP contribution is 2.39. The zero-order valence-corrected chi connectivity index (χ0v) is 29.4. The number of carbonyl (C=O) groups excluding carboxylic acids is 1. The summed E-state index contributed by atoms with van der Waals surface area (Å²) in [5.41, 5.74) is 7.80. The Bertz CT molecular complexity index is 2350. The van der Waals surface area contributed by atoms with Gasteiger partial charge in [-0.05, 0) is 74.1 Å². The van der Waals surface area contributed by atoms with Crippen molar-refractivity contribution in [3.8, 4) is 16.9 Å². The Morgan fingerprint density at radius 3 is 2.58 bits per heavy atom. The van der Waals surface area contributed by atoms with Crippen LogP contribution in [0.3, 0.4) is 0 Å². The van der Waals surface area contributed by atoms with Crippen LogP contribution < -0.4 is 16.3 Å². The van der Waals surface area contributed by atoms with E-state index >= 15 is 8.78 Å². The molecule has 1 amide bonds. The molecule has 52 heavy (non-hydrogen) atoms. The van der Waals surface area contributed by atoms with Gasteiger partial charge in [0.2, 0.25) is 5.91 Å². The second kappa shape index (κ2) is 13.2. The lowest BCUT2D eigenvalue weighted by Gasteiger charge is -2.44. The first-order valence-electron chi connectivity index (χ1n) is 17.4. The number of amides is 1. The van der Waals surface area contributed by atoms with E-state index in [0.717, 1.165) is 5.56 Å². The van der Waals surface area contributed by atoms with Gasteiger partial charge in [-0.3, -0.25) is 14.6 Å². The van der Waals surface area contributed by atoms with Crippen LogP contribution in [-0.2, 0) is 29.0 Å². The van der Waals surface area contributed by atoms with E-state index in [1.165, 1.54) is 22.8 Å². The van der Waals surface area contributed by atoms with E-state index in [1.54, 1.807) is 23.4 Å². The van der Waals surface area contributed by atoms with Gasteiger partial charge in [-0.2, -0.15) is 4.98 Å². The van der Waals surface area contributed by atoms with E-state index in [1.807, 2.05) is 43.2 Å². The number of carboxylic acids is 1. The lowest BCUT2D eigenvalue weighted by molar-refractivity contribution is -0.138. The summed E-state index contributed by atoms with van der Waals surface area (Å²) < 4.78 is 36.2. The van der Waals surface area contributed by atoms with Crippen molar-refractivity contribution in [2.24, 2.45) is 5.73 Å². The van der Waals surface area contributed by atoms with Crippen LogP contribution in [-0.4, -0.2) is 77.2 Å². The number of benzene rings is 1. The molecule has 5 aromatic rings. The molecule has 0 saturated carbocycles. The maximum atomic E-state index is 16.8. The second-order valence-electron chi connectivity index (χ2n) is 14.1. The van der Waals surface area contributed by atoms with E-state index < -0.39 is 29.3 Å². The number of piperazine rings is 1. The number of hydrogen-bond acceptors (Lipinski definition) is 8. The summed E-state index contributed by atoms with van der Waals surface area (Å²) in [6.45, 7) is 12.3. The molecule has 0 spiro atoms. The van der Waals surface area contributed by atoms with Gasteiger partial charge in [0.15, 0.2) is 11.5 Å². The fraction of sp³-hybridized carbons (Fsp3) is 0.368. The Hall–Kier alpha value is -5.50. The van der Waals surface area contributed by atoms with Crippen molar-refractivity contribution in [1.29, 1.82) is 0 Å². The summed E-state index contributed by atoms with van der Waals surface area (Å²) in [5, 5.41) is 10.3. The number of pyridine rings is 2. The van der Waals surface area contributed by atoms with Gasteiger partial charge < -0.3 is 25.2 Å². The highest BCUT2D eigenvalue weighted by atomic mass is 19.1. The molecule has 2 aliphatic heterocycles. The lowest BCUT2D eigenvalue weighted by Crippen LogP contribution is -2.58. The van der Waals surface area contributed by atoms with Crippen molar-refractivity contribution < 1.29 is 23.5 Å². The SMILES string of the molecule is C=CC(=O)N1C[C@H](C)N(c2nc(=O)n3c4nc(c(F)cc24)-c2c(F)ccc4c(CC(N)C(=O)O)cn(c24)CCCc2ccnc(C(C)C)c2-3)C[C@H]1C. The first-order valence-corrected chi connectivity index (χ1v) is 17.4. The van der Waals surface area contributed by atoms with Crippen LogP contribution in [0.15, 0.2) is 54.1 Å². The Morgan fingerprint density at radius 1 is 1.10 bits per heavy atom. The normalized spacial score (nSPS) is 18.0. The molecule has 4 aromatic heterocycles. The van der Waals surface area contributed by atoms with E-state index in [9.17, 15) is 19.5 Å². The number of nitrogens with two attached hydrogens (primary N) is 1. The van der Waals surface area contributed by atoms with Crippen molar-refractivity contribution in [3.05, 3.63) is 88.3 Å². The van der Waals surface area contributed by atoms with Gasteiger partial charge in [0.1, 0.15) is 23.4 Å². The number of anilines is 1. The Kier molecular flexibility index (Phi) is 8.89. The topological polar surface area (TPSA) is 152 Å². The Labute approximate surface area is 298 Å². The predicted octanol–water partition coefficient (Wildman–Crippen LogP) is 4.71. The van der Waals surface area contributed by atoms with Gasteiger partial charge in [-0.25, -0.2) is 23.1 Å². The quantitative estimate of drug-likeness (QED) is 0.239. The molecule has 270 valence electrons. The number of aryl methyl sites for hydroxylation is 2. The van der Waals surface area contributed by atoms with E-state index in [0.29, 0.717) is 60.3 Å². The molecule has 0 aliphatic carbocycles. The number of aliphatic carboxylic acids is 1. The average molecular weight is 711 g/mol. The van der Waals surface area contributed by atoms with E-state index in [2.05, 4.69) is 16.5 Å². The molecule has 1 aromatic carbocycles. The minimum absolute atomic E-state index is 0.0272. The molecular formula is C38H40F2N8O4. The van der Waals surface area contributed by atoms with Crippen LogP contribution in [0.1, 0.15) is 56.9 Å². The zero-order chi connectivity index (χ0) is 37.2. The van der Waals surface area contributed by atoms with Crippen molar-refractivity contribution in [1.82, 2.24) is 29.0 Å². The summed E-state index contributed by atoms with van der Waals surface area (Å²) in [5.74, 6) is -2.88. The number of nitrogens with zero attached hydrogens (tertiary/aromatic N) is 7. The van der Waals surface area contributed by atoms with Crippen LogP contribution in [0.5, 0.6) is 0 Å². The van der Waals surface area contributed by atoms with Gasteiger partial charge in [-0.15, -0.1) is 0 Å². The third kappa shape index (κ3) is 5.70. The average Bonchev–Trinajstić information content (AvgIpc) is 3.44. The first kappa shape index (κ1) is 34.9. The summed E-state index contributed by atoms with van der Waals surface area (Å²) in [6, 6.07) is 4.05. The minimum atomic E-state index is -1.21. The molecule has 1 unspecified atom stereocenters. The third-order valence-corrected chi connectivity index (χ3v) is 10.2. The van der Waals surface area contributed by atoms with E-state index in [4.69, 9.17) is 10.7 Å². The molecule has 1 fully saturated rings. The fourth-order valence-corrected chi connectivity index (χ4v) is 7.72. The molecule has 2 bridgehead atoms. The second-order valence-corrected chi connectivity index (χ2v) is 14.1. The standard InChI is InChI=1S/C38H40F2N8O4/c1-6-29(49)46-16-21(5)47(17-20(46)4)35-25-15-27(40)32-30-26(39)10-9-24-23(14-28(41)37(50)51)18-45(34(24)30)13-7-8-22-11-12-42-31(19(2)3)33(22)48(36(25)43-32)38(52)44-35/h6,9-12,15,18-21,28H,1,7-8,13-14,16-17,41H2,2-5H3,(H,50,51)/t20-,21+,28?/m1/s1. The number of rotatable bonds is 6. The van der Waals surface area contributed by atoms with Crippen LogP contribution >= 0.6 is 0 Å². The Morgan fingerprint density at radius 2 is 1.87 bits per heavy atom. The van der Waals surface area contributed by atoms with Crippen molar-refractivity contribution in [3.63, 3.8) is 0 Å². The molecule has 14 heteroatoms. The monoisotopic (exact) mass is 710 g/mol. The summed E-state index contributed by atoms with van der Waals surface area (Å²) in [6.07, 6.45) is 5.72. The smallest absolute Gasteiger partial charge is 0.355 e. The van der Waals surface area contributed by atoms with Crippen molar-refractivity contribution >= 4 is 39.6 Å². The molecule has 1 saturated heterocycles. The molecule has 6 heterocycles. The lowest BCUT2D eigenvalue weighted by atomic mass is 9.99. The largest absolute Gasteiger partial charge is 0.480 e. The fourth-order valence-electron chi connectivity index (χ4n) is 7.72. The summed E-state index contributed by atoms with van der Waals surface area (Å²) in [4.78, 5) is 56.5. The summed E-state index contributed by atoms with van der Waals surface area (Å²) >= 11 is 0. The van der Waals surface area contributed by atoms with Crippen LogP contribution in [0, 0.1) is 11.6 Å². The molecular weight excluding hydrogens is 670 g/mol. The number of hydrogen-bond donors (Lipinski definition) is 2. The number of carboxylic acid groups (broad SMARTS) is 1. The molecule has 3 N–H and O–H groups in total. The van der Waals surface area contributed by atoms with Gasteiger partial charge in [0.05, 0.1) is 27.8 Å². The number of aromatic nitrogens is 5. The number of carbonyl (C=O) groups is 2. The van der Waals surface area contributed by atoms with Crippen molar-refractivity contribution in [2.45, 2.75) is 77.5 Å². The maximum Gasteiger partial charge on any atom is 0.355 e. The summed E-state index contributed by atoms with van der Waals surface area (Å²) in [7, 11) is 0. The number of fused-ring (bicyclic) bond motifs is 4. The highest BCUT2D eigenvalue weighted by Gasteiger charge is 2.35. The highest BCUT2D eigenvalue weighted by molar-refractivity contribution is 5.99. The molecule has 7 rings (SSSR count). The molecule has 0 radical (unpaired) electrons. The van der Waals surface area contributed by atoms with Gasteiger partial charge >= 0.3 is 11.7 Å². The zero-order valence-electron chi connectivity index (χ0n) is 29.4. The van der Waals surface area contributed by atoms with E-state index in [-0.39, 0.29) is 58.4 Å².